The SMILES string of the molecule is COc1ccccc1CCc1cc(C)cc(CCc2cccc(C)c2)c1. The van der Waals surface area contributed by atoms with Crippen LogP contribution in [0.1, 0.15) is 33.4 Å². The van der Waals surface area contributed by atoms with Crippen molar-refractivity contribution in [3.05, 3.63) is 100 Å². The second-order valence-electron chi connectivity index (χ2n) is 7.13. The molecule has 0 radical (unpaired) electrons. The van der Waals surface area contributed by atoms with E-state index in [9.17, 15) is 0 Å². The van der Waals surface area contributed by atoms with E-state index in [1.807, 2.05) is 12.1 Å². The van der Waals surface area contributed by atoms with Crippen LogP contribution in [-0.2, 0) is 25.7 Å². The summed E-state index contributed by atoms with van der Waals surface area (Å²) >= 11 is 0. The first-order valence-electron chi connectivity index (χ1n) is 9.41. The largest absolute Gasteiger partial charge is 0.496 e. The number of benzene rings is 3. The highest BCUT2D eigenvalue weighted by molar-refractivity contribution is 5.36. The smallest absolute Gasteiger partial charge is 0.122 e. The molecule has 3 rings (SSSR count). The van der Waals surface area contributed by atoms with Gasteiger partial charge in [-0.05, 0) is 67.9 Å². The third kappa shape index (κ3) is 4.98. The molecule has 0 unspecified atom stereocenters. The van der Waals surface area contributed by atoms with Gasteiger partial charge in [0, 0.05) is 0 Å². The fourth-order valence-electron chi connectivity index (χ4n) is 3.58. The van der Waals surface area contributed by atoms with Crippen LogP contribution >= 0.6 is 0 Å². The van der Waals surface area contributed by atoms with Gasteiger partial charge in [0.2, 0.25) is 0 Å². The molecule has 0 aliphatic rings. The maximum absolute atomic E-state index is 5.48. The monoisotopic (exact) mass is 344 g/mol. The second kappa shape index (κ2) is 8.71. The number of hydrogen-bond donors (Lipinski definition) is 0. The van der Waals surface area contributed by atoms with E-state index < -0.39 is 0 Å². The summed E-state index contributed by atoms with van der Waals surface area (Å²) in [5.74, 6) is 0.986. The number of ether oxygens (including phenoxy) is 1. The Labute approximate surface area is 157 Å². The van der Waals surface area contributed by atoms with E-state index in [1.165, 1.54) is 33.4 Å². The predicted octanol–water partition coefficient (Wildman–Crippen LogP) is 5.88. The Morgan fingerprint density at radius 1 is 0.615 bits per heavy atom. The zero-order chi connectivity index (χ0) is 18.4. The van der Waals surface area contributed by atoms with Gasteiger partial charge in [-0.15, -0.1) is 0 Å². The Bertz CT molecular complexity index is 864. The van der Waals surface area contributed by atoms with Crippen molar-refractivity contribution in [2.24, 2.45) is 0 Å². The van der Waals surface area contributed by atoms with E-state index in [1.54, 1.807) is 7.11 Å². The van der Waals surface area contributed by atoms with Crippen LogP contribution in [0.15, 0.2) is 66.7 Å². The lowest BCUT2D eigenvalue weighted by molar-refractivity contribution is 0.409. The number of hydrogen-bond acceptors (Lipinski definition) is 1. The van der Waals surface area contributed by atoms with Crippen LogP contribution in [0.2, 0.25) is 0 Å². The molecule has 1 nitrogen and oxygen atoms in total. The Morgan fingerprint density at radius 3 is 2.00 bits per heavy atom. The lowest BCUT2D eigenvalue weighted by atomic mass is 9.96. The number of para-hydroxylation sites is 1. The fraction of sp³-hybridized carbons (Fsp3) is 0.280. The van der Waals surface area contributed by atoms with Gasteiger partial charge in [-0.1, -0.05) is 71.8 Å². The van der Waals surface area contributed by atoms with E-state index >= 15 is 0 Å². The second-order valence-corrected chi connectivity index (χ2v) is 7.13. The topological polar surface area (TPSA) is 9.23 Å². The standard InChI is InChI=1S/C25H28O/c1-19-7-6-8-21(15-19)11-12-22-16-20(2)17-23(18-22)13-14-24-9-4-5-10-25(24)26-3/h4-10,15-18H,11-14H2,1-3H3. The van der Waals surface area contributed by atoms with Crippen molar-refractivity contribution >= 4 is 0 Å². The van der Waals surface area contributed by atoms with E-state index in [2.05, 4.69) is 68.4 Å². The van der Waals surface area contributed by atoms with Gasteiger partial charge < -0.3 is 4.74 Å². The van der Waals surface area contributed by atoms with Crippen LogP contribution in [0, 0.1) is 13.8 Å². The van der Waals surface area contributed by atoms with Crippen molar-refractivity contribution in [3.8, 4) is 5.75 Å². The lowest BCUT2D eigenvalue weighted by Crippen LogP contribution is -1.98. The van der Waals surface area contributed by atoms with E-state index in [4.69, 9.17) is 4.74 Å². The molecule has 0 spiro atoms. The van der Waals surface area contributed by atoms with Crippen LogP contribution in [0.5, 0.6) is 5.75 Å². The van der Waals surface area contributed by atoms with Crippen molar-refractivity contribution < 1.29 is 4.74 Å². The molecule has 0 saturated heterocycles. The van der Waals surface area contributed by atoms with E-state index in [-0.39, 0.29) is 0 Å². The minimum atomic E-state index is 0.986. The molecule has 26 heavy (non-hydrogen) atoms. The molecule has 0 aromatic heterocycles. The van der Waals surface area contributed by atoms with Gasteiger partial charge in [-0.3, -0.25) is 0 Å². The first-order chi connectivity index (χ1) is 12.6. The number of methoxy groups -OCH3 is 1. The van der Waals surface area contributed by atoms with Crippen LogP contribution in [-0.4, -0.2) is 7.11 Å². The molecule has 0 aliphatic carbocycles. The molecule has 0 heterocycles. The van der Waals surface area contributed by atoms with Crippen LogP contribution < -0.4 is 4.74 Å². The number of aryl methyl sites for hydroxylation is 6. The molecule has 0 amide bonds. The summed E-state index contributed by atoms with van der Waals surface area (Å²) in [6, 6.07) is 24.1. The summed E-state index contributed by atoms with van der Waals surface area (Å²) < 4.78 is 5.48. The normalized spacial score (nSPS) is 10.7. The highest BCUT2D eigenvalue weighted by Crippen LogP contribution is 2.21. The van der Waals surface area contributed by atoms with Gasteiger partial charge >= 0.3 is 0 Å². The Hall–Kier alpha value is -2.54. The van der Waals surface area contributed by atoms with Crippen LogP contribution in [0.25, 0.3) is 0 Å². The summed E-state index contributed by atoms with van der Waals surface area (Å²) in [4.78, 5) is 0. The van der Waals surface area contributed by atoms with Gasteiger partial charge in [-0.2, -0.15) is 0 Å². The Morgan fingerprint density at radius 2 is 1.27 bits per heavy atom. The zero-order valence-electron chi connectivity index (χ0n) is 16.1. The quantitative estimate of drug-likeness (QED) is 0.520. The molecule has 0 fully saturated rings. The van der Waals surface area contributed by atoms with Crippen molar-refractivity contribution in [1.82, 2.24) is 0 Å². The molecule has 1 heteroatoms. The molecule has 0 bridgehead atoms. The maximum atomic E-state index is 5.48. The maximum Gasteiger partial charge on any atom is 0.122 e. The molecule has 0 aliphatic heterocycles. The van der Waals surface area contributed by atoms with E-state index in [0.717, 1.165) is 31.4 Å². The van der Waals surface area contributed by atoms with Crippen LogP contribution in [0.3, 0.4) is 0 Å². The van der Waals surface area contributed by atoms with Crippen molar-refractivity contribution in [2.75, 3.05) is 7.11 Å². The summed E-state index contributed by atoms with van der Waals surface area (Å²) in [7, 11) is 1.74. The molecule has 0 atom stereocenters. The summed E-state index contributed by atoms with van der Waals surface area (Å²) in [6.07, 6.45) is 4.23. The zero-order valence-corrected chi connectivity index (χ0v) is 16.1. The number of rotatable bonds is 7. The van der Waals surface area contributed by atoms with Crippen LogP contribution in [0.4, 0.5) is 0 Å². The van der Waals surface area contributed by atoms with Gasteiger partial charge in [0.05, 0.1) is 7.11 Å². The van der Waals surface area contributed by atoms with Gasteiger partial charge in [0.15, 0.2) is 0 Å². The van der Waals surface area contributed by atoms with Gasteiger partial charge in [0.25, 0.3) is 0 Å². The highest BCUT2D eigenvalue weighted by atomic mass is 16.5. The summed E-state index contributed by atoms with van der Waals surface area (Å²) in [5.41, 5.74) is 8.22. The third-order valence-electron chi connectivity index (χ3n) is 4.86. The molecule has 0 saturated carbocycles. The average molecular weight is 344 g/mol. The van der Waals surface area contributed by atoms with Gasteiger partial charge in [0.1, 0.15) is 5.75 Å². The lowest BCUT2D eigenvalue weighted by Gasteiger charge is -2.10. The minimum absolute atomic E-state index is 0.986. The molecule has 0 N–H and O–H groups in total. The predicted molar refractivity (Wildman–Crippen MR) is 110 cm³/mol. The molecule has 134 valence electrons. The fourth-order valence-corrected chi connectivity index (χ4v) is 3.58. The third-order valence-corrected chi connectivity index (χ3v) is 4.86. The summed E-state index contributed by atoms with van der Waals surface area (Å²) in [6.45, 7) is 4.36. The molecular weight excluding hydrogens is 316 g/mol. The van der Waals surface area contributed by atoms with Crippen molar-refractivity contribution in [3.63, 3.8) is 0 Å². The Balaban J connectivity index is 1.67. The molecule has 3 aromatic rings. The minimum Gasteiger partial charge on any atom is -0.496 e. The van der Waals surface area contributed by atoms with Gasteiger partial charge in [-0.25, -0.2) is 0 Å². The Kier molecular flexibility index (Phi) is 6.12. The average Bonchev–Trinajstić information content (AvgIpc) is 2.65. The molecular formula is C25H28O. The van der Waals surface area contributed by atoms with Crippen molar-refractivity contribution in [2.45, 2.75) is 39.5 Å². The van der Waals surface area contributed by atoms with Crippen molar-refractivity contribution in [1.29, 1.82) is 0 Å². The van der Waals surface area contributed by atoms with E-state index in [0.29, 0.717) is 0 Å². The first kappa shape index (κ1) is 18.3. The highest BCUT2D eigenvalue weighted by Gasteiger charge is 2.05. The molecule has 3 aromatic carbocycles. The summed E-state index contributed by atoms with van der Waals surface area (Å²) in [5, 5.41) is 0. The first-order valence-corrected chi connectivity index (χ1v) is 9.41.